The minimum absolute atomic E-state index is 0.603. The zero-order valence-electron chi connectivity index (χ0n) is 29.8. The van der Waals surface area contributed by atoms with E-state index in [9.17, 15) is 0 Å². The minimum Gasteiger partial charge on any atom is -0.378 e. The van der Waals surface area contributed by atoms with Crippen LogP contribution < -0.4 is 19.6 Å². The molecule has 2 aliphatic rings. The molecule has 0 fully saturated rings. The SMILES string of the molecule is Cc1cc(N(C)C)cc(C)c1C1=C(C2(c3cc(N(C)C)ccn3)N=CC(Cl)N2Cl)N(c2c(C)cc(N(C)C)cc2C)CC=C1N(C)C. The lowest BCUT2D eigenvalue weighted by atomic mass is 9.83. The second kappa shape index (κ2) is 13.1. The van der Waals surface area contributed by atoms with Crippen LogP contribution in [0.1, 0.15) is 33.5 Å². The Bertz CT molecular complexity index is 1730. The number of pyridine rings is 1. The van der Waals surface area contributed by atoms with Gasteiger partial charge >= 0.3 is 0 Å². The van der Waals surface area contributed by atoms with Gasteiger partial charge in [-0.15, -0.1) is 0 Å². The summed E-state index contributed by atoms with van der Waals surface area (Å²) in [6.45, 7) is 9.34. The Hall–Kier alpha value is -3.72. The molecule has 2 aromatic carbocycles. The third-order valence-electron chi connectivity index (χ3n) is 9.12. The van der Waals surface area contributed by atoms with Gasteiger partial charge in [0.05, 0.1) is 11.4 Å². The molecule has 3 heterocycles. The number of benzene rings is 2. The van der Waals surface area contributed by atoms with Gasteiger partial charge in [-0.1, -0.05) is 11.6 Å². The highest BCUT2D eigenvalue weighted by atomic mass is 35.5. The number of likely N-dealkylation sites (N-methyl/N-ethyl adjacent to an activating group) is 1. The van der Waals surface area contributed by atoms with Crippen LogP contribution in [0.2, 0.25) is 0 Å². The van der Waals surface area contributed by atoms with Crippen molar-refractivity contribution in [3.63, 3.8) is 0 Å². The first kappa shape index (κ1) is 34.6. The van der Waals surface area contributed by atoms with Gasteiger partial charge in [-0.25, -0.2) is 0 Å². The van der Waals surface area contributed by atoms with Crippen LogP contribution in [-0.4, -0.2) is 88.9 Å². The first-order valence-electron chi connectivity index (χ1n) is 15.9. The number of anilines is 4. The maximum Gasteiger partial charge on any atom is 0.211 e. The molecular formula is C37H48Cl2N8. The average Bonchev–Trinajstić information content (AvgIpc) is 3.30. The molecule has 2 aliphatic heterocycles. The Kier molecular flexibility index (Phi) is 9.62. The fraction of sp³-hybridized carbons (Fsp3) is 0.405. The normalized spacial score (nSPS) is 19.7. The quantitative estimate of drug-likeness (QED) is 0.143. The third kappa shape index (κ3) is 5.96. The van der Waals surface area contributed by atoms with E-state index < -0.39 is 11.2 Å². The van der Waals surface area contributed by atoms with Crippen molar-refractivity contribution in [1.82, 2.24) is 14.3 Å². The molecule has 47 heavy (non-hydrogen) atoms. The average molecular weight is 676 g/mol. The highest BCUT2D eigenvalue weighted by Crippen LogP contribution is 2.53. The van der Waals surface area contributed by atoms with Crippen molar-refractivity contribution in [1.29, 1.82) is 0 Å². The molecule has 0 N–H and O–H groups in total. The zero-order valence-corrected chi connectivity index (χ0v) is 31.3. The first-order valence-corrected chi connectivity index (χ1v) is 16.6. The molecule has 0 saturated heterocycles. The molecule has 0 spiro atoms. The van der Waals surface area contributed by atoms with Gasteiger partial charge in [-0.05, 0) is 110 Å². The summed E-state index contributed by atoms with van der Waals surface area (Å²) in [7, 11) is 16.5. The molecule has 0 bridgehead atoms. The molecule has 3 aromatic rings. The van der Waals surface area contributed by atoms with Crippen LogP contribution in [0.5, 0.6) is 0 Å². The van der Waals surface area contributed by atoms with Crippen molar-refractivity contribution in [3.8, 4) is 0 Å². The standard InChI is InChI=1S/C37H48Cl2N8/c1-23-17-28(43(7)8)18-24(2)33(23)34-30(45(11)12)14-16-46(35-25(3)19-29(44(9)10)20-26(35)4)36(34)37(41-22-32(38)47(37)39)31-21-27(42(5)6)13-15-40-31/h13-15,17-22,32H,16H2,1-12H3. The minimum atomic E-state index is -1.26. The van der Waals surface area contributed by atoms with Crippen molar-refractivity contribution in [2.45, 2.75) is 38.9 Å². The molecule has 5 rings (SSSR count). The largest absolute Gasteiger partial charge is 0.378 e. The summed E-state index contributed by atoms with van der Waals surface area (Å²) in [6, 6.07) is 13.0. The fourth-order valence-corrected chi connectivity index (χ4v) is 7.32. The van der Waals surface area contributed by atoms with E-state index in [2.05, 4.69) is 131 Å². The van der Waals surface area contributed by atoms with Crippen molar-refractivity contribution < 1.29 is 0 Å². The highest BCUT2D eigenvalue weighted by molar-refractivity contribution is 6.32. The van der Waals surface area contributed by atoms with Gasteiger partial charge in [0.15, 0.2) is 0 Å². The summed E-state index contributed by atoms with van der Waals surface area (Å²) < 4.78 is 1.63. The summed E-state index contributed by atoms with van der Waals surface area (Å²) >= 11 is 14.4. The number of allylic oxidation sites excluding steroid dienone is 1. The summed E-state index contributed by atoms with van der Waals surface area (Å²) in [5, 5.41) is 0. The topological polar surface area (TPSA) is 44.7 Å². The van der Waals surface area contributed by atoms with Gasteiger partial charge in [0.25, 0.3) is 0 Å². The number of aryl methyl sites for hydroxylation is 4. The molecule has 0 saturated carbocycles. The van der Waals surface area contributed by atoms with Crippen molar-refractivity contribution in [3.05, 3.63) is 93.6 Å². The summed E-state index contributed by atoms with van der Waals surface area (Å²) in [6.07, 6.45) is 5.87. The lowest BCUT2D eigenvalue weighted by Gasteiger charge is -2.46. The lowest BCUT2D eigenvalue weighted by molar-refractivity contribution is 0.273. The second-order valence-electron chi connectivity index (χ2n) is 13.4. The van der Waals surface area contributed by atoms with E-state index in [1.54, 1.807) is 10.6 Å². The fourth-order valence-electron chi connectivity index (χ4n) is 6.86. The van der Waals surface area contributed by atoms with Crippen LogP contribution in [0.25, 0.3) is 5.57 Å². The maximum absolute atomic E-state index is 7.43. The van der Waals surface area contributed by atoms with E-state index >= 15 is 0 Å². The molecule has 1 aromatic heterocycles. The van der Waals surface area contributed by atoms with Gasteiger partial charge in [0.1, 0.15) is 5.50 Å². The molecule has 250 valence electrons. The Morgan fingerprint density at radius 1 is 0.745 bits per heavy atom. The maximum atomic E-state index is 7.43. The Morgan fingerprint density at radius 3 is 1.74 bits per heavy atom. The van der Waals surface area contributed by atoms with E-state index in [1.165, 1.54) is 0 Å². The molecule has 8 nitrogen and oxygen atoms in total. The first-order chi connectivity index (χ1) is 22.1. The van der Waals surface area contributed by atoms with Gasteiger partial charge in [-0.3, -0.25) is 9.98 Å². The second-order valence-corrected chi connectivity index (χ2v) is 14.2. The van der Waals surface area contributed by atoms with Gasteiger partial charge in [0.2, 0.25) is 5.66 Å². The molecule has 0 aliphatic carbocycles. The highest BCUT2D eigenvalue weighted by Gasteiger charge is 2.54. The van der Waals surface area contributed by atoms with E-state index in [4.69, 9.17) is 33.4 Å². The Balaban J connectivity index is 2.00. The van der Waals surface area contributed by atoms with E-state index in [0.29, 0.717) is 12.2 Å². The van der Waals surface area contributed by atoms with Crippen molar-refractivity contribution in [2.24, 2.45) is 4.99 Å². The van der Waals surface area contributed by atoms with Crippen LogP contribution in [0.15, 0.2) is 65.1 Å². The van der Waals surface area contributed by atoms with Crippen LogP contribution in [-0.2, 0) is 5.66 Å². The number of halogens is 2. The predicted molar refractivity (Wildman–Crippen MR) is 203 cm³/mol. The molecule has 10 heteroatoms. The number of rotatable bonds is 8. The van der Waals surface area contributed by atoms with Gasteiger partial charge in [-0.2, -0.15) is 4.42 Å². The number of nitrogens with zero attached hydrogens (tertiary/aromatic N) is 8. The van der Waals surface area contributed by atoms with E-state index in [-0.39, 0.29) is 0 Å². The smallest absolute Gasteiger partial charge is 0.211 e. The van der Waals surface area contributed by atoms with Crippen molar-refractivity contribution in [2.75, 3.05) is 82.5 Å². The number of aliphatic imine (C=N–C) groups is 1. The van der Waals surface area contributed by atoms with Gasteiger partial charge < -0.3 is 24.5 Å². The molecule has 0 radical (unpaired) electrons. The molecule has 0 amide bonds. The zero-order chi connectivity index (χ0) is 34.5. The summed E-state index contributed by atoms with van der Waals surface area (Å²) in [5.41, 5.74) is 12.0. The van der Waals surface area contributed by atoms with Crippen LogP contribution in [0, 0.1) is 27.7 Å². The van der Waals surface area contributed by atoms with E-state index in [1.807, 2.05) is 26.4 Å². The third-order valence-corrected chi connectivity index (χ3v) is 9.98. The number of alkyl halides is 1. The summed E-state index contributed by atoms with van der Waals surface area (Å²) in [4.78, 5) is 21.2. The molecule has 2 unspecified atom stereocenters. The van der Waals surface area contributed by atoms with Crippen LogP contribution in [0.4, 0.5) is 22.7 Å². The van der Waals surface area contributed by atoms with Crippen LogP contribution in [0.3, 0.4) is 0 Å². The Morgan fingerprint density at radius 2 is 1.28 bits per heavy atom. The molecule has 2 atom stereocenters. The monoisotopic (exact) mass is 674 g/mol. The van der Waals surface area contributed by atoms with Crippen LogP contribution >= 0.6 is 23.4 Å². The Labute approximate surface area is 291 Å². The summed E-state index contributed by atoms with van der Waals surface area (Å²) in [5.74, 6) is 0. The number of aromatic nitrogens is 1. The number of hydrogen-bond acceptors (Lipinski definition) is 8. The molecular weight excluding hydrogens is 627 g/mol. The predicted octanol–water partition coefficient (Wildman–Crippen LogP) is 7.15. The lowest BCUT2D eigenvalue weighted by Crippen LogP contribution is -2.49. The van der Waals surface area contributed by atoms with E-state index in [0.717, 1.165) is 67.5 Å². The number of hydrogen-bond donors (Lipinski definition) is 0. The van der Waals surface area contributed by atoms with Gasteiger partial charge in [0, 0.05) is 109 Å². The van der Waals surface area contributed by atoms with Crippen molar-refractivity contribution >= 4 is 57.9 Å².